The van der Waals surface area contributed by atoms with E-state index in [4.69, 9.17) is 4.74 Å². The summed E-state index contributed by atoms with van der Waals surface area (Å²) in [7, 11) is 1.62. The Hall–Kier alpha value is -1.22. The maximum Gasteiger partial charge on any atom is 0.166 e. The van der Waals surface area contributed by atoms with Gasteiger partial charge in [0.15, 0.2) is 5.78 Å². The molecule has 0 aromatic carbocycles. The fourth-order valence-corrected chi connectivity index (χ4v) is 1.79. The lowest BCUT2D eigenvalue weighted by Crippen LogP contribution is -2.26. The Bertz CT molecular complexity index is 333. The molecule has 0 saturated heterocycles. The number of methoxy groups -OCH3 is 1. The topological polar surface area (TPSA) is 39.2 Å². The third kappa shape index (κ3) is 2.63. The van der Waals surface area contributed by atoms with Gasteiger partial charge < -0.3 is 4.74 Å². The first-order chi connectivity index (χ1) is 7.31. The molecule has 1 aliphatic rings. The molecule has 15 heavy (non-hydrogen) atoms. The summed E-state index contributed by atoms with van der Waals surface area (Å²) in [5.74, 6) is 0.632. The van der Waals surface area contributed by atoms with Gasteiger partial charge in [-0.25, -0.2) is 0 Å². The first-order valence-electron chi connectivity index (χ1n) is 5.25. The van der Waals surface area contributed by atoms with Crippen LogP contribution in [0.5, 0.6) is 0 Å². The summed E-state index contributed by atoms with van der Waals surface area (Å²) in [6, 6.07) is 3.77. The molecule has 1 aromatic heterocycles. The van der Waals surface area contributed by atoms with Crippen molar-refractivity contribution in [2.45, 2.75) is 25.4 Å². The van der Waals surface area contributed by atoms with Gasteiger partial charge in [-0.3, -0.25) is 9.78 Å². The van der Waals surface area contributed by atoms with Gasteiger partial charge in [-0.15, -0.1) is 0 Å². The van der Waals surface area contributed by atoms with Gasteiger partial charge in [0.2, 0.25) is 0 Å². The lowest BCUT2D eigenvalue weighted by atomic mass is 10.0. The average Bonchev–Trinajstić information content (AvgIpc) is 3.04. The van der Waals surface area contributed by atoms with E-state index in [0.717, 1.165) is 18.4 Å². The van der Waals surface area contributed by atoms with Gasteiger partial charge in [-0.1, -0.05) is 6.07 Å². The number of hydrogen-bond acceptors (Lipinski definition) is 3. The van der Waals surface area contributed by atoms with Crippen LogP contribution in [0.1, 0.15) is 18.4 Å². The van der Waals surface area contributed by atoms with Crippen LogP contribution >= 0.6 is 0 Å². The normalized spacial score (nSPS) is 17.4. The Morgan fingerprint density at radius 3 is 3.00 bits per heavy atom. The van der Waals surface area contributed by atoms with Crippen molar-refractivity contribution in [3.8, 4) is 0 Å². The van der Waals surface area contributed by atoms with Gasteiger partial charge in [-0.05, 0) is 30.4 Å². The predicted octanol–water partition coefficient (Wildman–Crippen LogP) is 1.62. The minimum Gasteiger partial charge on any atom is -0.373 e. The molecule has 0 bridgehead atoms. The van der Waals surface area contributed by atoms with E-state index in [1.165, 1.54) is 0 Å². The molecule has 3 heteroatoms. The second-order valence-corrected chi connectivity index (χ2v) is 4.00. The molecule has 2 rings (SSSR count). The SMILES string of the molecule is COC(C(=O)Cc1cccnc1)C1CC1. The van der Waals surface area contributed by atoms with Crippen LogP contribution in [-0.4, -0.2) is 24.0 Å². The van der Waals surface area contributed by atoms with Crippen LogP contribution in [0.4, 0.5) is 0 Å². The second kappa shape index (κ2) is 4.53. The van der Waals surface area contributed by atoms with Gasteiger partial charge in [0, 0.05) is 25.9 Å². The van der Waals surface area contributed by atoms with E-state index < -0.39 is 0 Å². The van der Waals surface area contributed by atoms with Crippen LogP contribution in [0.25, 0.3) is 0 Å². The number of nitrogens with zero attached hydrogens (tertiary/aromatic N) is 1. The zero-order chi connectivity index (χ0) is 10.7. The molecule has 0 spiro atoms. The number of aromatic nitrogens is 1. The number of carbonyl (C=O) groups excluding carboxylic acids is 1. The maximum atomic E-state index is 11.9. The smallest absolute Gasteiger partial charge is 0.166 e. The van der Waals surface area contributed by atoms with Crippen molar-refractivity contribution in [2.75, 3.05) is 7.11 Å². The quantitative estimate of drug-likeness (QED) is 0.733. The van der Waals surface area contributed by atoms with Crippen LogP contribution < -0.4 is 0 Å². The summed E-state index contributed by atoms with van der Waals surface area (Å²) in [6.07, 6.45) is 5.92. The highest BCUT2D eigenvalue weighted by Crippen LogP contribution is 2.34. The van der Waals surface area contributed by atoms with E-state index in [0.29, 0.717) is 12.3 Å². The van der Waals surface area contributed by atoms with E-state index in [1.54, 1.807) is 19.5 Å². The standard InChI is InChI=1S/C12H15NO2/c1-15-12(10-4-5-10)11(14)7-9-3-2-6-13-8-9/h2-3,6,8,10,12H,4-5,7H2,1H3. The van der Waals surface area contributed by atoms with E-state index in [9.17, 15) is 4.79 Å². The highest BCUT2D eigenvalue weighted by Gasteiger charge is 2.35. The largest absolute Gasteiger partial charge is 0.373 e. The Labute approximate surface area is 89.5 Å². The average molecular weight is 205 g/mol. The Morgan fingerprint density at radius 1 is 1.67 bits per heavy atom. The number of ketones is 1. The van der Waals surface area contributed by atoms with Crippen molar-refractivity contribution in [3.05, 3.63) is 30.1 Å². The van der Waals surface area contributed by atoms with E-state index in [2.05, 4.69) is 4.98 Å². The first-order valence-corrected chi connectivity index (χ1v) is 5.25. The Balaban J connectivity index is 1.96. The van der Waals surface area contributed by atoms with Crippen molar-refractivity contribution < 1.29 is 9.53 Å². The number of hydrogen-bond donors (Lipinski definition) is 0. The third-order valence-electron chi connectivity index (χ3n) is 2.72. The molecule has 0 amide bonds. The number of rotatable bonds is 5. The van der Waals surface area contributed by atoms with E-state index >= 15 is 0 Å². The molecule has 0 N–H and O–H groups in total. The van der Waals surface area contributed by atoms with Crippen molar-refractivity contribution in [3.63, 3.8) is 0 Å². The summed E-state index contributed by atoms with van der Waals surface area (Å²) in [6.45, 7) is 0. The van der Waals surface area contributed by atoms with Crippen LogP contribution in [0, 0.1) is 5.92 Å². The van der Waals surface area contributed by atoms with Crippen LogP contribution in [-0.2, 0) is 16.0 Å². The highest BCUT2D eigenvalue weighted by atomic mass is 16.5. The highest BCUT2D eigenvalue weighted by molar-refractivity contribution is 5.85. The molecular formula is C12H15NO2. The van der Waals surface area contributed by atoms with Gasteiger partial charge >= 0.3 is 0 Å². The van der Waals surface area contributed by atoms with Gasteiger partial charge in [0.05, 0.1) is 0 Å². The van der Waals surface area contributed by atoms with Crippen LogP contribution in [0.2, 0.25) is 0 Å². The van der Waals surface area contributed by atoms with Crippen molar-refractivity contribution in [1.82, 2.24) is 4.98 Å². The monoisotopic (exact) mass is 205 g/mol. The molecule has 1 unspecified atom stereocenters. The first kappa shape index (κ1) is 10.3. The van der Waals surface area contributed by atoms with Crippen molar-refractivity contribution in [1.29, 1.82) is 0 Å². The molecule has 1 heterocycles. The fraction of sp³-hybridized carbons (Fsp3) is 0.500. The van der Waals surface area contributed by atoms with Gasteiger partial charge in [0.1, 0.15) is 6.10 Å². The second-order valence-electron chi connectivity index (χ2n) is 4.00. The summed E-state index contributed by atoms with van der Waals surface area (Å²) >= 11 is 0. The molecular weight excluding hydrogens is 190 g/mol. The Morgan fingerprint density at radius 2 is 2.47 bits per heavy atom. The predicted molar refractivity (Wildman–Crippen MR) is 56.5 cm³/mol. The molecule has 80 valence electrons. The summed E-state index contributed by atoms with van der Waals surface area (Å²) in [4.78, 5) is 15.9. The Kier molecular flexibility index (Phi) is 3.11. The van der Waals surface area contributed by atoms with Gasteiger partial charge in [0.25, 0.3) is 0 Å². The van der Waals surface area contributed by atoms with Gasteiger partial charge in [-0.2, -0.15) is 0 Å². The molecule has 1 saturated carbocycles. The number of pyridine rings is 1. The molecule has 1 atom stereocenters. The number of carbonyl (C=O) groups is 1. The van der Waals surface area contributed by atoms with E-state index in [1.807, 2.05) is 12.1 Å². The number of ether oxygens (including phenoxy) is 1. The molecule has 1 aliphatic carbocycles. The van der Waals surface area contributed by atoms with Crippen molar-refractivity contribution in [2.24, 2.45) is 5.92 Å². The third-order valence-corrected chi connectivity index (χ3v) is 2.72. The minimum atomic E-state index is -0.204. The summed E-state index contributed by atoms with van der Waals surface area (Å²) in [5.41, 5.74) is 0.963. The van der Waals surface area contributed by atoms with E-state index in [-0.39, 0.29) is 11.9 Å². The molecule has 1 aromatic rings. The molecule has 3 nitrogen and oxygen atoms in total. The lowest BCUT2D eigenvalue weighted by molar-refractivity contribution is -0.129. The van der Waals surface area contributed by atoms with Crippen LogP contribution in [0.3, 0.4) is 0 Å². The summed E-state index contributed by atoms with van der Waals surface area (Å²) < 4.78 is 5.24. The van der Waals surface area contributed by atoms with Crippen LogP contribution in [0.15, 0.2) is 24.5 Å². The molecule has 1 fully saturated rings. The zero-order valence-electron chi connectivity index (χ0n) is 8.85. The summed E-state index contributed by atoms with van der Waals surface area (Å²) in [5, 5.41) is 0. The molecule has 0 aliphatic heterocycles. The lowest BCUT2D eigenvalue weighted by Gasteiger charge is -2.12. The fourth-order valence-electron chi connectivity index (χ4n) is 1.79. The zero-order valence-corrected chi connectivity index (χ0v) is 8.85. The maximum absolute atomic E-state index is 11.9. The van der Waals surface area contributed by atoms with Crippen molar-refractivity contribution >= 4 is 5.78 Å². The molecule has 0 radical (unpaired) electrons. The minimum absolute atomic E-state index is 0.174. The number of Topliss-reactive ketones (excluding diaryl/α,β-unsaturated/α-hetero) is 1.